The molecule has 2 aromatic rings. The van der Waals surface area contributed by atoms with Gasteiger partial charge in [-0.15, -0.1) is 0 Å². The predicted octanol–water partition coefficient (Wildman–Crippen LogP) is 1.03. The molecule has 0 bridgehead atoms. The van der Waals surface area contributed by atoms with E-state index in [4.69, 9.17) is 5.73 Å². The molecule has 0 aliphatic carbocycles. The fourth-order valence-electron chi connectivity index (χ4n) is 1.22. The molecule has 62 valence electrons. The van der Waals surface area contributed by atoms with Crippen LogP contribution in [0.1, 0.15) is 6.92 Å². The second kappa shape index (κ2) is 2.48. The van der Waals surface area contributed by atoms with Gasteiger partial charge in [0.15, 0.2) is 0 Å². The average Bonchev–Trinajstić information content (AvgIpc) is 2.46. The van der Waals surface area contributed by atoms with Gasteiger partial charge in [0.1, 0.15) is 5.52 Å². The van der Waals surface area contributed by atoms with Crippen LogP contribution in [0.25, 0.3) is 11.0 Å². The summed E-state index contributed by atoms with van der Waals surface area (Å²) >= 11 is 0. The number of nitrogens with zero attached hydrogens (tertiary/aromatic N) is 3. The first-order valence-corrected chi connectivity index (χ1v) is 3.88. The van der Waals surface area contributed by atoms with E-state index >= 15 is 0 Å². The van der Waals surface area contributed by atoms with Crippen LogP contribution >= 0.6 is 0 Å². The molecule has 0 saturated carbocycles. The number of aryl methyl sites for hydroxylation is 1. The van der Waals surface area contributed by atoms with Crippen LogP contribution in [0.2, 0.25) is 0 Å². The van der Waals surface area contributed by atoms with Crippen LogP contribution in [0.15, 0.2) is 18.5 Å². The summed E-state index contributed by atoms with van der Waals surface area (Å²) in [6.07, 6.45) is 3.39. The van der Waals surface area contributed by atoms with E-state index in [1.807, 2.05) is 17.7 Å². The summed E-state index contributed by atoms with van der Waals surface area (Å²) in [5.74, 6) is 0. The van der Waals surface area contributed by atoms with Crippen molar-refractivity contribution in [3.8, 4) is 0 Å². The lowest BCUT2D eigenvalue weighted by atomic mass is 10.3. The van der Waals surface area contributed by atoms with Crippen molar-refractivity contribution < 1.29 is 0 Å². The van der Waals surface area contributed by atoms with E-state index < -0.39 is 0 Å². The predicted molar refractivity (Wildman–Crippen MR) is 47.6 cm³/mol. The molecular formula is C8H10N4. The molecule has 4 heteroatoms. The van der Waals surface area contributed by atoms with Crippen LogP contribution in [0.3, 0.4) is 0 Å². The van der Waals surface area contributed by atoms with E-state index in [1.165, 1.54) is 0 Å². The smallest absolute Gasteiger partial charge is 0.108 e. The van der Waals surface area contributed by atoms with Crippen LogP contribution in [0.4, 0.5) is 5.69 Å². The molecule has 0 spiro atoms. The third-order valence-corrected chi connectivity index (χ3v) is 1.82. The minimum absolute atomic E-state index is 0.678. The molecule has 0 radical (unpaired) electrons. The van der Waals surface area contributed by atoms with Gasteiger partial charge in [-0.25, -0.2) is 0 Å². The molecule has 0 amide bonds. The maximum absolute atomic E-state index is 5.60. The van der Waals surface area contributed by atoms with Crippen molar-refractivity contribution in [2.45, 2.75) is 13.5 Å². The average molecular weight is 162 g/mol. The van der Waals surface area contributed by atoms with Gasteiger partial charge < -0.3 is 5.73 Å². The van der Waals surface area contributed by atoms with Crippen LogP contribution in [0.5, 0.6) is 0 Å². The van der Waals surface area contributed by atoms with E-state index in [0.717, 1.165) is 17.6 Å². The second-order valence-electron chi connectivity index (χ2n) is 2.63. The topological polar surface area (TPSA) is 56.7 Å². The first-order valence-electron chi connectivity index (χ1n) is 3.88. The Labute approximate surface area is 70.0 Å². The first kappa shape index (κ1) is 7.09. The normalized spacial score (nSPS) is 10.8. The van der Waals surface area contributed by atoms with E-state index in [-0.39, 0.29) is 0 Å². The van der Waals surface area contributed by atoms with Gasteiger partial charge in [-0.05, 0) is 13.0 Å². The van der Waals surface area contributed by atoms with Gasteiger partial charge in [0.05, 0.1) is 23.6 Å². The molecule has 12 heavy (non-hydrogen) atoms. The molecule has 4 nitrogen and oxygen atoms in total. The van der Waals surface area contributed by atoms with Gasteiger partial charge in [0.2, 0.25) is 0 Å². The van der Waals surface area contributed by atoms with E-state index in [1.54, 1.807) is 12.4 Å². The molecule has 0 fully saturated rings. The quantitative estimate of drug-likeness (QED) is 0.681. The zero-order valence-corrected chi connectivity index (χ0v) is 6.86. The molecule has 2 N–H and O–H groups in total. The summed E-state index contributed by atoms with van der Waals surface area (Å²) in [7, 11) is 0. The maximum Gasteiger partial charge on any atom is 0.108 e. The van der Waals surface area contributed by atoms with Crippen molar-refractivity contribution in [1.29, 1.82) is 0 Å². The summed E-state index contributed by atoms with van der Waals surface area (Å²) in [6, 6.07) is 1.89. The van der Waals surface area contributed by atoms with Crippen molar-refractivity contribution in [1.82, 2.24) is 14.8 Å². The van der Waals surface area contributed by atoms with E-state index in [2.05, 4.69) is 10.1 Å². The van der Waals surface area contributed by atoms with Crippen LogP contribution < -0.4 is 5.73 Å². The standard InChI is InChI=1S/C8H10N4/c1-2-12-8-3-6(9)4-10-7(8)5-11-12/h3-5H,2,9H2,1H3. The Bertz CT molecular complexity index is 404. The Kier molecular flexibility index (Phi) is 1.46. The molecule has 0 unspecified atom stereocenters. The SMILES string of the molecule is CCn1ncc2ncc(N)cc21. The Morgan fingerprint density at radius 3 is 3.08 bits per heavy atom. The van der Waals surface area contributed by atoms with Crippen LogP contribution in [-0.4, -0.2) is 14.8 Å². The van der Waals surface area contributed by atoms with Gasteiger partial charge in [-0.2, -0.15) is 5.10 Å². The van der Waals surface area contributed by atoms with Crippen LogP contribution in [0, 0.1) is 0 Å². The highest BCUT2D eigenvalue weighted by Gasteiger charge is 2.01. The number of hydrogen-bond donors (Lipinski definition) is 1. The molecule has 2 heterocycles. The molecule has 0 aliphatic rings. The number of pyridine rings is 1. The van der Waals surface area contributed by atoms with Crippen molar-refractivity contribution in [3.05, 3.63) is 18.5 Å². The number of rotatable bonds is 1. The monoisotopic (exact) mass is 162 g/mol. The lowest BCUT2D eigenvalue weighted by molar-refractivity contribution is 0.684. The fourth-order valence-corrected chi connectivity index (χ4v) is 1.22. The molecule has 2 rings (SSSR count). The fraction of sp³-hybridized carbons (Fsp3) is 0.250. The van der Waals surface area contributed by atoms with Crippen molar-refractivity contribution in [2.24, 2.45) is 0 Å². The Hall–Kier alpha value is -1.58. The summed E-state index contributed by atoms with van der Waals surface area (Å²) < 4.78 is 1.87. The minimum Gasteiger partial charge on any atom is -0.397 e. The highest BCUT2D eigenvalue weighted by molar-refractivity contribution is 5.76. The third-order valence-electron chi connectivity index (χ3n) is 1.82. The van der Waals surface area contributed by atoms with Gasteiger partial charge in [-0.3, -0.25) is 9.67 Å². The van der Waals surface area contributed by atoms with Gasteiger partial charge in [0, 0.05) is 6.54 Å². The number of nitrogens with two attached hydrogens (primary N) is 1. The molecular weight excluding hydrogens is 152 g/mol. The van der Waals surface area contributed by atoms with Crippen molar-refractivity contribution in [3.63, 3.8) is 0 Å². The Morgan fingerprint density at radius 2 is 2.33 bits per heavy atom. The molecule has 0 atom stereocenters. The summed E-state index contributed by atoms with van der Waals surface area (Å²) in [5, 5.41) is 4.15. The van der Waals surface area contributed by atoms with Crippen molar-refractivity contribution in [2.75, 3.05) is 5.73 Å². The maximum atomic E-state index is 5.60. The number of fused-ring (bicyclic) bond motifs is 1. The lowest BCUT2D eigenvalue weighted by Crippen LogP contribution is -1.96. The zero-order valence-electron chi connectivity index (χ0n) is 6.86. The molecule has 0 saturated heterocycles. The second-order valence-corrected chi connectivity index (χ2v) is 2.63. The largest absolute Gasteiger partial charge is 0.397 e. The number of nitrogen functional groups attached to an aromatic ring is 1. The number of aromatic nitrogens is 3. The number of hydrogen-bond acceptors (Lipinski definition) is 3. The number of anilines is 1. The Balaban J connectivity index is 2.75. The highest BCUT2D eigenvalue weighted by atomic mass is 15.3. The summed E-state index contributed by atoms with van der Waals surface area (Å²) in [4.78, 5) is 4.14. The molecule has 0 aromatic carbocycles. The van der Waals surface area contributed by atoms with E-state index in [9.17, 15) is 0 Å². The minimum atomic E-state index is 0.678. The van der Waals surface area contributed by atoms with E-state index in [0.29, 0.717) is 5.69 Å². The van der Waals surface area contributed by atoms with Crippen LogP contribution in [-0.2, 0) is 6.54 Å². The first-order chi connectivity index (χ1) is 5.81. The Morgan fingerprint density at radius 1 is 1.50 bits per heavy atom. The van der Waals surface area contributed by atoms with Gasteiger partial charge in [0.25, 0.3) is 0 Å². The van der Waals surface area contributed by atoms with Crippen molar-refractivity contribution >= 4 is 16.7 Å². The lowest BCUT2D eigenvalue weighted by Gasteiger charge is -1.97. The third kappa shape index (κ3) is 0.922. The van der Waals surface area contributed by atoms with Gasteiger partial charge >= 0.3 is 0 Å². The highest BCUT2D eigenvalue weighted by Crippen LogP contribution is 2.13. The summed E-state index contributed by atoms with van der Waals surface area (Å²) in [5.41, 5.74) is 8.17. The molecule has 2 aromatic heterocycles. The molecule has 0 aliphatic heterocycles. The summed E-state index contributed by atoms with van der Waals surface area (Å²) in [6.45, 7) is 2.88. The zero-order chi connectivity index (χ0) is 8.55. The van der Waals surface area contributed by atoms with Gasteiger partial charge in [-0.1, -0.05) is 0 Å².